The topological polar surface area (TPSA) is 62.2 Å². The zero-order valence-corrected chi connectivity index (χ0v) is 17.2. The molecule has 1 saturated carbocycles. The Bertz CT molecular complexity index is 1080. The van der Waals surface area contributed by atoms with Gasteiger partial charge in [-0.2, -0.15) is 0 Å². The van der Waals surface area contributed by atoms with Gasteiger partial charge in [0.25, 0.3) is 0 Å². The van der Waals surface area contributed by atoms with Gasteiger partial charge < -0.3 is 19.7 Å². The van der Waals surface area contributed by atoms with Gasteiger partial charge in [-0.1, -0.05) is 12.1 Å². The Balaban J connectivity index is 1.48. The molecule has 1 saturated heterocycles. The Labute approximate surface area is 176 Å². The summed E-state index contributed by atoms with van der Waals surface area (Å²) in [5.74, 6) is 2.36. The second kappa shape index (κ2) is 5.51. The zero-order chi connectivity index (χ0) is 20.3. The Morgan fingerprint density at radius 3 is 2.83 bits per heavy atom. The molecule has 5 aliphatic rings. The van der Waals surface area contributed by atoms with E-state index in [9.17, 15) is 10.2 Å². The Morgan fingerprint density at radius 2 is 2.03 bits per heavy atom. The molecule has 2 fully saturated rings. The molecule has 0 amide bonds. The van der Waals surface area contributed by atoms with E-state index < -0.39 is 11.0 Å². The molecule has 5 heteroatoms. The van der Waals surface area contributed by atoms with Crippen molar-refractivity contribution in [2.45, 2.75) is 55.3 Å². The lowest BCUT2D eigenvalue weighted by molar-refractivity contribution is -0.172. The number of likely N-dealkylation sites (tertiary alicyclic amines) is 1. The minimum absolute atomic E-state index is 0.0798. The van der Waals surface area contributed by atoms with Crippen molar-refractivity contribution in [1.82, 2.24) is 4.90 Å². The maximum absolute atomic E-state index is 12.5. The van der Waals surface area contributed by atoms with E-state index in [1.165, 1.54) is 18.4 Å². The molecule has 0 unspecified atom stereocenters. The van der Waals surface area contributed by atoms with Crippen LogP contribution >= 0.6 is 0 Å². The van der Waals surface area contributed by atoms with Crippen molar-refractivity contribution in [3.05, 3.63) is 52.6 Å². The first-order chi connectivity index (χ1) is 14.5. The highest BCUT2D eigenvalue weighted by atomic mass is 16.5. The molecule has 1 spiro atoms. The first kappa shape index (κ1) is 17.4. The van der Waals surface area contributed by atoms with Gasteiger partial charge in [-0.15, -0.1) is 0 Å². The van der Waals surface area contributed by atoms with Crippen molar-refractivity contribution in [2.24, 2.45) is 5.92 Å². The Hall–Kier alpha value is -2.24. The number of fused-ring (bicyclic) bond motifs is 2. The molecule has 3 aliphatic carbocycles. The lowest BCUT2D eigenvalue weighted by Crippen LogP contribution is -2.74. The van der Waals surface area contributed by atoms with Crippen LogP contribution in [0.4, 0.5) is 0 Å². The van der Waals surface area contributed by atoms with Gasteiger partial charge in [-0.25, -0.2) is 0 Å². The Morgan fingerprint density at radius 1 is 1.20 bits per heavy atom. The van der Waals surface area contributed by atoms with Crippen LogP contribution in [0.1, 0.15) is 47.6 Å². The molecule has 156 valence electrons. The summed E-state index contributed by atoms with van der Waals surface area (Å²) in [6.45, 7) is 2.06. The van der Waals surface area contributed by atoms with E-state index in [0.29, 0.717) is 12.2 Å². The number of ether oxygens (including phenoxy) is 2. The summed E-state index contributed by atoms with van der Waals surface area (Å²) in [4.78, 5) is 2.56. The van der Waals surface area contributed by atoms with E-state index in [2.05, 4.69) is 23.1 Å². The third kappa shape index (κ3) is 1.92. The van der Waals surface area contributed by atoms with Crippen LogP contribution in [-0.2, 0) is 18.3 Å². The molecular formula is C25H27NO4. The van der Waals surface area contributed by atoms with Crippen molar-refractivity contribution in [2.75, 3.05) is 20.2 Å². The first-order valence-corrected chi connectivity index (χ1v) is 11.2. The second-order valence-corrected chi connectivity index (χ2v) is 9.99. The van der Waals surface area contributed by atoms with Crippen LogP contribution in [0.25, 0.3) is 0 Å². The average molecular weight is 405 g/mol. The number of phenolic OH excluding ortho intramolecular Hbond substituents is 1. The highest BCUT2D eigenvalue weighted by Crippen LogP contribution is 2.68. The molecular weight excluding hydrogens is 378 g/mol. The standard InChI is InChI=1S/C25H27NO4/c1-29-17-6-4-16-12-25(28)20-10-15-5-7-19(27)22-21(15)24(25,23(30-22)18(16)11-17)8-9-26(20)13-14-2-3-14/h4-7,11,14,20,23,27-28H,2-3,8-10,12-13H2,1H3/t20-,23+,24+,25-/m1/s1. The minimum Gasteiger partial charge on any atom is -0.504 e. The van der Waals surface area contributed by atoms with E-state index in [-0.39, 0.29) is 17.9 Å². The van der Waals surface area contributed by atoms with Crippen LogP contribution in [0.3, 0.4) is 0 Å². The number of hydrogen-bond donors (Lipinski definition) is 2. The van der Waals surface area contributed by atoms with Crippen molar-refractivity contribution in [3.63, 3.8) is 0 Å². The monoisotopic (exact) mass is 405 g/mol. The van der Waals surface area contributed by atoms with Gasteiger partial charge in [0, 0.05) is 30.1 Å². The molecule has 7 rings (SSSR count). The molecule has 0 radical (unpaired) electrons. The number of benzene rings is 2. The molecule has 2 heterocycles. The molecule has 0 aromatic heterocycles. The van der Waals surface area contributed by atoms with E-state index >= 15 is 0 Å². The summed E-state index contributed by atoms with van der Waals surface area (Å²) in [5.41, 5.74) is 3.10. The van der Waals surface area contributed by atoms with Gasteiger partial charge in [0.05, 0.1) is 18.1 Å². The number of methoxy groups -OCH3 is 1. The van der Waals surface area contributed by atoms with Crippen LogP contribution in [0, 0.1) is 5.92 Å². The second-order valence-electron chi connectivity index (χ2n) is 9.99. The van der Waals surface area contributed by atoms with E-state index in [1.807, 2.05) is 6.07 Å². The van der Waals surface area contributed by atoms with Crippen LogP contribution in [0.5, 0.6) is 17.2 Å². The summed E-state index contributed by atoms with van der Waals surface area (Å²) < 4.78 is 12.1. The molecule has 2 N–H and O–H groups in total. The highest BCUT2D eigenvalue weighted by molar-refractivity contribution is 5.65. The van der Waals surface area contributed by atoms with Crippen LogP contribution < -0.4 is 9.47 Å². The largest absolute Gasteiger partial charge is 0.504 e. The summed E-state index contributed by atoms with van der Waals surface area (Å²) >= 11 is 0. The maximum atomic E-state index is 12.5. The fraction of sp³-hybridized carbons (Fsp3) is 0.520. The summed E-state index contributed by atoms with van der Waals surface area (Å²) in [6.07, 6.45) is 4.61. The maximum Gasteiger partial charge on any atom is 0.166 e. The fourth-order valence-electron chi connectivity index (χ4n) is 7.09. The van der Waals surface area contributed by atoms with Crippen molar-refractivity contribution in [3.8, 4) is 17.2 Å². The van der Waals surface area contributed by atoms with E-state index in [1.54, 1.807) is 13.2 Å². The number of hydrogen-bond acceptors (Lipinski definition) is 5. The molecule has 2 aromatic rings. The molecule has 5 nitrogen and oxygen atoms in total. The molecule has 2 aliphatic heterocycles. The lowest BCUT2D eigenvalue weighted by Gasteiger charge is -2.63. The minimum atomic E-state index is -0.904. The van der Waals surface area contributed by atoms with Gasteiger partial charge in [-0.3, -0.25) is 4.90 Å². The number of aromatic hydroxyl groups is 1. The Kier molecular flexibility index (Phi) is 3.20. The number of piperidine rings is 1. The van der Waals surface area contributed by atoms with Crippen molar-refractivity contribution in [1.29, 1.82) is 0 Å². The number of aliphatic hydroxyl groups is 1. The average Bonchev–Trinajstić information content (AvgIpc) is 3.48. The quantitative estimate of drug-likeness (QED) is 0.822. The molecule has 4 atom stereocenters. The summed E-state index contributed by atoms with van der Waals surface area (Å²) in [7, 11) is 1.68. The van der Waals surface area contributed by atoms with E-state index in [0.717, 1.165) is 54.3 Å². The van der Waals surface area contributed by atoms with E-state index in [4.69, 9.17) is 9.47 Å². The number of nitrogens with zero attached hydrogens (tertiary/aromatic N) is 1. The third-order valence-electron chi connectivity index (χ3n) is 8.61. The van der Waals surface area contributed by atoms with Crippen LogP contribution in [0.15, 0.2) is 30.3 Å². The smallest absolute Gasteiger partial charge is 0.166 e. The first-order valence-electron chi connectivity index (χ1n) is 11.2. The predicted molar refractivity (Wildman–Crippen MR) is 111 cm³/mol. The van der Waals surface area contributed by atoms with Gasteiger partial charge >= 0.3 is 0 Å². The molecule has 2 bridgehead atoms. The van der Waals surface area contributed by atoms with Crippen LogP contribution in [0.2, 0.25) is 0 Å². The molecule has 30 heavy (non-hydrogen) atoms. The van der Waals surface area contributed by atoms with Crippen LogP contribution in [-0.4, -0.2) is 47.0 Å². The lowest BCUT2D eigenvalue weighted by atomic mass is 9.48. The predicted octanol–water partition coefficient (Wildman–Crippen LogP) is 3.10. The van der Waals surface area contributed by atoms with Gasteiger partial charge in [0.2, 0.25) is 0 Å². The summed E-state index contributed by atoms with van der Waals surface area (Å²) in [5, 5.41) is 23.2. The van der Waals surface area contributed by atoms with Gasteiger partial charge in [0.1, 0.15) is 11.9 Å². The van der Waals surface area contributed by atoms with Crippen molar-refractivity contribution >= 4 is 0 Å². The van der Waals surface area contributed by atoms with Gasteiger partial charge in [0.15, 0.2) is 11.5 Å². The zero-order valence-electron chi connectivity index (χ0n) is 17.2. The highest BCUT2D eigenvalue weighted by Gasteiger charge is 2.72. The van der Waals surface area contributed by atoms with Crippen molar-refractivity contribution < 1.29 is 19.7 Å². The SMILES string of the molecule is COc1ccc2c(c1)[C@@H]1Oc3c(O)ccc4c3[C@@]13CCN(CC1CC1)[C@H](C4)[C@]3(O)C2. The number of rotatable bonds is 3. The molecule has 2 aromatic carbocycles. The fourth-order valence-corrected chi connectivity index (χ4v) is 7.09. The van der Waals surface area contributed by atoms with Gasteiger partial charge in [-0.05, 0) is 67.5 Å². The summed E-state index contributed by atoms with van der Waals surface area (Å²) in [6, 6.07) is 10.0. The normalized spacial score (nSPS) is 35.4. The third-order valence-corrected chi connectivity index (χ3v) is 8.61. The number of phenols is 1.